The van der Waals surface area contributed by atoms with Crippen LogP contribution < -0.4 is 15.4 Å². The van der Waals surface area contributed by atoms with Gasteiger partial charge in [0.1, 0.15) is 12.4 Å². The van der Waals surface area contributed by atoms with Crippen LogP contribution >= 0.6 is 22.9 Å². The summed E-state index contributed by atoms with van der Waals surface area (Å²) in [4.78, 5) is 29.6. The Morgan fingerprint density at radius 1 is 1.22 bits per heavy atom. The van der Waals surface area contributed by atoms with Crippen LogP contribution in [0.1, 0.15) is 23.0 Å². The first-order valence-electron chi connectivity index (χ1n) is 7.98. The van der Waals surface area contributed by atoms with Gasteiger partial charge >= 0.3 is 0 Å². The van der Waals surface area contributed by atoms with Crippen molar-refractivity contribution in [3.05, 3.63) is 70.2 Å². The number of primary amides is 1. The number of halogens is 1. The minimum Gasteiger partial charge on any atom is -0.486 e. The number of ether oxygens (including phenoxy) is 1. The molecule has 0 aliphatic rings. The average molecular weight is 402 g/mol. The van der Waals surface area contributed by atoms with Crippen molar-refractivity contribution in [1.82, 2.24) is 4.98 Å². The van der Waals surface area contributed by atoms with Gasteiger partial charge in [0.15, 0.2) is 5.13 Å². The van der Waals surface area contributed by atoms with Crippen molar-refractivity contribution in [3.8, 4) is 5.75 Å². The number of hydrogen-bond donors (Lipinski definition) is 1. The number of nitrogens with two attached hydrogens (primary N) is 1. The summed E-state index contributed by atoms with van der Waals surface area (Å²) >= 11 is 7.22. The summed E-state index contributed by atoms with van der Waals surface area (Å²) in [7, 11) is 0. The Kier molecular flexibility index (Phi) is 5.73. The Labute approximate surface area is 165 Å². The number of nitrogens with zero attached hydrogens (tertiary/aromatic N) is 2. The second kappa shape index (κ2) is 8.20. The van der Waals surface area contributed by atoms with E-state index in [9.17, 15) is 9.59 Å². The van der Waals surface area contributed by atoms with Crippen LogP contribution in [0.2, 0.25) is 5.02 Å². The molecule has 2 N–H and O–H groups in total. The molecular weight excluding hydrogens is 386 g/mol. The number of anilines is 2. The zero-order valence-electron chi connectivity index (χ0n) is 14.4. The third kappa shape index (κ3) is 4.45. The molecule has 1 heterocycles. The number of rotatable bonds is 6. The van der Waals surface area contributed by atoms with Gasteiger partial charge in [-0.1, -0.05) is 29.8 Å². The maximum Gasteiger partial charge on any atom is 0.252 e. The molecule has 0 saturated carbocycles. The lowest BCUT2D eigenvalue weighted by molar-refractivity contribution is -0.115. The first-order valence-corrected chi connectivity index (χ1v) is 9.24. The molecule has 0 aliphatic heterocycles. The zero-order valence-corrected chi connectivity index (χ0v) is 16.0. The van der Waals surface area contributed by atoms with Gasteiger partial charge in [0.2, 0.25) is 5.91 Å². The highest BCUT2D eigenvalue weighted by Gasteiger charge is 2.18. The van der Waals surface area contributed by atoms with Crippen LogP contribution in [0, 0.1) is 0 Å². The van der Waals surface area contributed by atoms with E-state index in [2.05, 4.69) is 4.98 Å². The highest BCUT2D eigenvalue weighted by Crippen LogP contribution is 2.29. The molecule has 2 aromatic carbocycles. The van der Waals surface area contributed by atoms with Gasteiger partial charge in [0, 0.05) is 17.3 Å². The van der Waals surface area contributed by atoms with Gasteiger partial charge in [-0.2, -0.15) is 0 Å². The molecular formula is C19H16ClN3O3S. The maximum absolute atomic E-state index is 12.1. The van der Waals surface area contributed by atoms with E-state index in [4.69, 9.17) is 22.1 Å². The number of hydrogen-bond acceptors (Lipinski definition) is 5. The van der Waals surface area contributed by atoms with E-state index in [0.29, 0.717) is 21.6 Å². The molecule has 3 aromatic rings. The van der Waals surface area contributed by atoms with Crippen molar-refractivity contribution in [2.45, 2.75) is 13.5 Å². The molecule has 0 fully saturated rings. The molecule has 138 valence electrons. The largest absolute Gasteiger partial charge is 0.486 e. The molecule has 0 aliphatic carbocycles. The molecule has 0 spiro atoms. The minimum absolute atomic E-state index is 0.124. The van der Waals surface area contributed by atoms with Crippen LogP contribution in [0.25, 0.3) is 0 Å². The lowest BCUT2D eigenvalue weighted by Gasteiger charge is -2.17. The van der Waals surface area contributed by atoms with Crippen molar-refractivity contribution in [2.24, 2.45) is 5.73 Å². The van der Waals surface area contributed by atoms with Crippen molar-refractivity contribution in [3.63, 3.8) is 0 Å². The van der Waals surface area contributed by atoms with E-state index in [1.54, 1.807) is 17.5 Å². The maximum atomic E-state index is 12.1. The summed E-state index contributed by atoms with van der Waals surface area (Å²) in [6.07, 6.45) is 0. The smallest absolute Gasteiger partial charge is 0.252 e. The van der Waals surface area contributed by atoms with Crippen LogP contribution in [-0.2, 0) is 11.4 Å². The molecule has 0 unspecified atom stereocenters. The van der Waals surface area contributed by atoms with E-state index in [0.717, 1.165) is 5.69 Å². The van der Waals surface area contributed by atoms with E-state index in [1.807, 2.05) is 30.3 Å². The van der Waals surface area contributed by atoms with Crippen LogP contribution in [0.5, 0.6) is 5.75 Å². The molecule has 0 bridgehead atoms. The van der Waals surface area contributed by atoms with E-state index in [1.165, 1.54) is 29.2 Å². The third-order valence-electron chi connectivity index (χ3n) is 3.64. The highest BCUT2D eigenvalue weighted by molar-refractivity contribution is 7.14. The van der Waals surface area contributed by atoms with Crippen LogP contribution in [-0.4, -0.2) is 16.8 Å². The van der Waals surface area contributed by atoms with Crippen molar-refractivity contribution in [1.29, 1.82) is 0 Å². The zero-order chi connectivity index (χ0) is 19.4. The fourth-order valence-corrected chi connectivity index (χ4v) is 3.49. The monoisotopic (exact) mass is 401 g/mol. The van der Waals surface area contributed by atoms with Crippen molar-refractivity contribution < 1.29 is 14.3 Å². The molecule has 0 radical (unpaired) electrons. The minimum atomic E-state index is -0.627. The van der Waals surface area contributed by atoms with Crippen LogP contribution in [0.15, 0.2) is 53.9 Å². The standard InChI is InChI=1S/C19H16ClN3O3S/c1-12(24)23(15-5-3-2-4-6-15)19-22-14(11-27-19)10-26-17-8-7-13(20)9-16(17)18(21)25/h2-9,11H,10H2,1H3,(H2,21,25). The summed E-state index contributed by atoms with van der Waals surface area (Å²) in [6, 6.07) is 13.9. The van der Waals surface area contributed by atoms with Gasteiger partial charge in [-0.25, -0.2) is 4.98 Å². The molecule has 6 nitrogen and oxygen atoms in total. The van der Waals surface area contributed by atoms with Gasteiger partial charge in [-0.15, -0.1) is 11.3 Å². The van der Waals surface area contributed by atoms with Crippen molar-refractivity contribution >= 4 is 45.6 Å². The predicted octanol–water partition coefficient (Wildman–Crippen LogP) is 4.16. The molecule has 27 heavy (non-hydrogen) atoms. The van der Waals surface area contributed by atoms with Gasteiger partial charge in [-0.05, 0) is 30.3 Å². The third-order valence-corrected chi connectivity index (χ3v) is 4.75. The molecule has 8 heteroatoms. The fourth-order valence-electron chi connectivity index (χ4n) is 2.44. The van der Waals surface area contributed by atoms with Crippen molar-refractivity contribution in [2.75, 3.05) is 4.90 Å². The lowest BCUT2D eigenvalue weighted by Crippen LogP contribution is -2.22. The van der Waals surface area contributed by atoms with E-state index < -0.39 is 5.91 Å². The van der Waals surface area contributed by atoms with Gasteiger partial charge in [0.25, 0.3) is 5.91 Å². The van der Waals surface area contributed by atoms with Gasteiger partial charge in [-0.3, -0.25) is 14.5 Å². The average Bonchev–Trinajstić information content (AvgIpc) is 3.09. The summed E-state index contributed by atoms with van der Waals surface area (Å²) in [5.74, 6) is -0.442. The first kappa shape index (κ1) is 18.9. The number of carbonyl (C=O) groups is 2. The lowest BCUT2D eigenvalue weighted by atomic mass is 10.2. The van der Waals surface area contributed by atoms with E-state index in [-0.39, 0.29) is 18.1 Å². The second-order valence-corrected chi connectivity index (χ2v) is 6.88. The summed E-state index contributed by atoms with van der Waals surface area (Å²) < 4.78 is 5.68. The number of para-hydroxylation sites is 1. The Bertz CT molecular complexity index is 975. The predicted molar refractivity (Wildman–Crippen MR) is 106 cm³/mol. The summed E-state index contributed by atoms with van der Waals surface area (Å²) in [5, 5.41) is 2.74. The topological polar surface area (TPSA) is 85.5 Å². The molecule has 0 atom stereocenters. The number of thiazole rings is 1. The van der Waals surface area contributed by atoms with Crippen LogP contribution in [0.3, 0.4) is 0 Å². The molecule has 1 aromatic heterocycles. The molecule has 2 amide bonds. The number of benzene rings is 2. The first-order chi connectivity index (χ1) is 13.0. The quantitative estimate of drug-likeness (QED) is 0.672. The number of carbonyl (C=O) groups excluding carboxylic acids is 2. The fraction of sp³-hybridized carbons (Fsp3) is 0.105. The highest BCUT2D eigenvalue weighted by atomic mass is 35.5. The van der Waals surface area contributed by atoms with Gasteiger partial charge in [0.05, 0.1) is 16.9 Å². The summed E-state index contributed by atoms with van der Waals surface area (Å²) in [5.41, 5.74) is 6.92. The number of aromatic nitrogens is 1. The second-order valence-electron chi connectivity index (χ2n) is 5.60. The number of amides is 2. The molecule has 3 rings (SSSR count). The van der Waals surface area contributed by atoms with Gasteiger partial charge < -0.3 is 10.5 Å². The van der Waals surface area contributed by atoms with E-state index >= 15 is 0 Å². The Morgan fingerprint density at radius 3 is 2.63 bits per heavy atom. The normalized spacial score (nSPS) is 10.4. The Morgan fingerprint density at radius 2 is 1.96 bits per heavy atom. The SMILES string of the molecule is CC(=O)N(c1ccccc1)c1nc(COc2ccc(Cl)cc2C(N)=O)cs1. The Hall–Kier alpha value is -2.90. The Balaban J connectivity index is 1.79. The molecule has 0 saturated heterocycles. The summed E-state index contributed by atoms with van der Waals surface area (Å²) in [6.45, 7) is 1.61. The van der Waals surface area contributed by atoms with Crippen LogP contribution in [0.4, 0.5) is 10.8 Å².